The number of aryl methyl sites for hydroxylation is 2. The van der Waals surface area contributed by atoms with E-state index in [2.05, 4.69) is 48.4 Å². The highest BCUT2D eigenvalue weighted by Gasteiger charge is 1.96. The predicted octanol–water partition coefficient (Wildman–Crippen LogP) is 5.68. The van der Waals surface area contributed by atoms with Crippen molar-refractivity contribution in [2.24, 2.45) is 0 Å². The molecule has 3 heteroatoms. The maximum Gasteiger partial charge on any atom is 0.137 e. The molecule has 0 atom stereocenters. The highest BCUT2D eigenvalue weighted by molar-refractivity contribution is 5.22. The fourth-order valence-corrected chi connectivity index (χ4v) is 1.72. The van der Waals surface area contributed by atoms with Gasteiger partial charge in [-0.3, -0.25) is 4.98 Å². The molecule has 0 bridgehead atoms. The lowest BCUT2D eigenvalue weighted by Gasteiger charge is -2.06. The summed E-state index contributed by atoms with van der Waals surface area (Å²) in [5.41, 5.74) is 2.49. The maximum atomic E-state index is 5.65. The first-order chi connectivity index (χ1) is 12.2. The summed E-state index contributed by atoms with van der Waals surface area (Å²) in [7, 11) is 3.75. The Bertz CT molecular complexity index is 484. The summed E-state index contributed by atoms with van der Waals surface area (Å²) in [4.78, 5) is 4.10. The molecule has 2 aromatic rings. The molecule has 0 spiro atoms. The van der Waals surface area contributed by atoms with Gasteiger partial charge in [0.15, 0.2) is 0 Å². The van der Waals surface area contributed by atoms with Gasteiger partial charge in [0.2, 0.25) is 0 Å². The highest BCUT2D eigenvalue weighted by Crippen LogP contribution is 2.11. The summed E-state index contributed by atoms with van der Waals surface area (Å²) >= 11 is 0. The second kappa shape index (κ2) is 20.2. The third-order valence-electron chi connectivity index (χ3n) is 2.57. The van der Waals surface area contributed by atoms with Crippen LogP contribution in [0.4, 0.5) is 0 Å². The normalized spacial score (nSPS) is 8.60. The Morgan fingerprint density at radius 3 is 2.08 bits per heavy atom. The molecule has 0 aliphatic heterocycles. The number of ether oxygens (including phenoxy) is 1. The first-order valence-corrected chi connectivity index (χ1v) is 9.34. The van der Waals surface area contributed by atoms with Crippen LogP contribution in [0, 0.1) is 6.92 Å². The Morgan fingerprint density at radius 1 is 1.00 bits per heavy atom. The van der Waals surface area contributed by atoms with Crippen molar-refractivity contribution < 1.29 is 4.74 Å². The van der Waals surface area contributed by atoms with Gasteiger partial charge >= 0.3 is 0 Å². The lowest BCUT2D eigenvalue weighted by Crippen LogP contribution is -1.99. The zero-order chi connectivity index (χ0) is 19.3. The second-order valence-electron chi connectivity index (χ2n) is 5.34. The van der Waals surface area contributed by atoms with Crippen molar-refractivity contribution in [1.29, 1.82) is 0 Å². The predicted molar refractivity (Wildman–Crippen MR) is 112 cm³/mol. The van der Waals surface area contributed by atoms with E-state index >= 15 is 0 Å². The van der Waals surface area contributed by atoms with Gasteiger partial charge in [-0.15, -0.1) is 0 Å². The fourth-order valence-electron chi connectivity index (χ4n) is 1.72. The van der Waals surface area contributed by atoms with Crippen molar-refractivity contribution in [2.75, 3.05) is 20.7 Å². The summed E-state index contributed by atoms with van der Waals surface area (Å²) in [5.74, 6) is 0.859. The third kappa shape index (κ3) is 16.8. The highest BCUT2D eigenvalue weighted by atomic mass is 16.5. The number of nitrogens with zero attached hydrogens (tertiary/aromatic N) is 1. The number of benzene rings is 1. The van der Waals surface area contributed by atoms with Crippen molar-refractivity contribution in [3.05, 3.63) is 59.9 Å². The van der Waals surface area contributed by atoms with Crippen LogP contribution in [-0.4, -0.2) is 25.7 Å². The first-order valence-electron chi connectivity index (χ1n) is 9.34. The van der Waals surface area contributed by atoms with Crippen LogP contribution >= 0.6 is 0 Å². The Balaban J connectivity index is 0. The topological polar surface area (TPSA) is 34.2 Å². The van der Waals surface area contributed by atoms with Crippen LogP contribution in [0.3, 0.4) is 0 Å². The van der Waals surface area contributed by atoms with Gasteiger partial charge in [0.25, 0.3) is 0 Å². The Kier molecular flexibility index (Phi) is 20.5. The molecule has 1 heterocycles. The number of rotatable bonds is 5. The quantitative estimate of drug-likeness (QED) is 0.707. The van der Waals surface area contributed by atoms with Gasteiger partial charge in [-0.25, -0.2) is 0 Å². The van der Waals surface area contributed by atoms with Gasteiger partial charge in [0.05, 0.1) is 12.8 Å². The van der Waals surface area contributed by atoms with Gasteiger partial charge in [-0.05, 0) is 51.1 Å². The average Bonchev–Trinajstić information content (AvgIpc) is 2.63. The van der Waals surface area contributed by atoms with Crippen molar-refractivity contribution in [2.45, 2.75) is 53.9 Å². The van der Waals surface area contributed by atoms with Crippen molar-refractivity contribution in [3.63, 3.8) is 0 Å². The van der Waals surface area contributed by atoms with Crippen molar-refractivity contribution in [3.8, 4) is 5.75 Å². The molecule has 142 valence electrons. The van der Waals surface area contributed by atoms with Gasteiger partial charge in [-0.1, -0.05) is 64.4 Å². The average molecular weight is 347 g/mol. The number of hydrogen-bond donors (Lipinski definition) is 1. The Labute approximate surface area is 155 Å². The molecule has 1 aromatic heterocycles. The minimum atomic E-state index is 0.736. The molecule has 1 N–H and O–H groups in total. The van der Waals surface area contributed by atoms with Gasteiger partial charge < -0.3 is 10.1 Å². The number of aromatic nitrogens is 1. The minimum absolute atomic E-state index is 0.736. The Hall–Kier alpha value is -1.87. The third-order valence-corrected chi connectivity index (χ3v) is 2.57. The van der Waals surface area contributed by atoms with Crippen LogP contribution in [0.15, 0.2) is 48.8 Å². The van der Waals surface area contributed by atoms with Crippen LogP contribution in [0.25, 0.3) is 0 Å². The van der Waals surface area contributed by atoms with Gasteiger partial charge in [0, 0.05) is 6.20 Å². The molecule has 0 aliphatic carbocycles. The van der Waals surface area contributed by atoms with Crippen LogP contribution in [0.1, 0.15) is 51.7 Å². The van der Waals surface area contributed by atoms with Gasteiger partial charge in [-0.2, -0.15) is 0 Å². The first kappa shape index (κ1) is 25.4. The molecule has 0 amide bonds. The molecular weight excluding hydrogens is 308 g/mol. The smallest absolute Gasteiger partial charge is 0.137 e. The van der Waals surface area contributed by atoms with E-state index in [0.717, 1.165) is 30.8 Å². The number of nitrogens with one attached hydrogen (secondary N) is 1. The van der Waals surface area contributed by atoms with Crippen LogP contribution in [0.5, 0.6) is 5.75 Å². The summed E-state index contributed by atoms with van der Waals surface area (Å²) < 4.78 is 5.65. The van der Waals surface area contributed by atoms with Crippen molar-refractivity contribution in [1.82, 2.24) is 10.3 Å². The monoisotopic (exact) mass is 346 g/mol. The molecule has 0 radical (unpaired) electrons. The summed E-state index contributed by atoms with van der Waals surface area (Å²) in [6.45, 7) is 11.0. The SMILES string of the molecule is CC.CCC.CNC.Cc1cncc(OCCCc2ccccc2)c1. The molecule has 2 rings (SSSR count). The van der Waals surface area contributed by atoms with Crippen LogP contribution in [0.2, 0.25) is 0 Å². The molecule has 0 saturated heterocycles. The Morgan fingerprint density at radius 2 is 1.56 bits per heavy atom. The fraction of sp³-hybridized carbons (Fsp3) is 0.500. The summed E-state index contributed by atoms with van der Waals surface area (Å²) in [6.07, 6.45) is 6.92. The zero-order valence-electron chi connectivity index (χ0n) is 17.3. The zero-order valence-corrected chi connectivity index (χ0v) is 17.3. The maximum absolute atomic E-state index is 5.65. The molecule has 0 saturated carbocycles. The largest absolute Gasteiger partial charge is 0.492 e. The van der Waals surface area contributed by atoms with E-state index in [9.17, 15) is 0 Å². The molecule has 0 unspecified atom stereocenters. The second-order valence-corrected chi connectivity index (χ2v) is 5.34. The van der Waals surface area contributed by atoms with Crippen LogP contribution in [-0.2, 0) is 6.42 Å². The van der Waals surface area contributed by atoms with Crippen LogP contribution < -0.4 is 10.1 Å². The van der Waals surface area contributed by atoms with E-state index in [4.69, 9.17) is 4.74 Å². The lowest BCUT2D eigenvalue weighted by molar-refractivity contribution is 0.309. The molecule has 25 heavy (non-hydrogen) atoms. The van der Waals surface area contributed by atoms with Gasteiger partial charge in [0.1, 0.15) is 5.75 Å². The van der Waals surface area contributed by atoms with E-state index in [1.54, 1.807) is 6.20 Å². The number of hydrogen-bond acceptors (Lipinski definition) is 3. The van der Waals surface area contributed by atoms with E-state index in [1.165, 1.54) is 12.0 Å². The van der Waals surface area contributed by atoms with E-state index < -0.39 is 0 Å². The van der Waals surface area contributed by atoms with E-state index in [1.807, 2.05) is 53.2 Å². The van der Waals surface area contributed by atoms with E-state index in [-0.39, 0.29) is 0 Å². The summed E-state index contributed by atoms with van der Waals surface area (Å²) in [6, 6.07) is 12.5. The lowest BCUT2D eigenvalue weighted by atomic mass is 10.1. The molecule has 0 fully saturated rings. The molecule has 1 aromatic carbocycles. The molecule has 3 nitrogen and oxygen atoms in total. The number of pyridine rings is 1. The molecule has 0 aliphatic rings. The minimum Gasteiger partial charge on any atom is -0.492 e. The standard InChI is InChI=1S/C15H17NO.C3H8.C2H7N.C2H6/c1-13-10-15(12-16-11-13)17-9-5-8-14-6-3-2-4-7-14;2*1-3-2;1-2/h2-4,6-7,10-12H,5,8-9H2,1H3;3H2,1-2H3;3H,1-2H3;1-2H3. The molecular formula is C22H38N2O. The summed E-state index contributed by atoms with van der Waals surface area (Å²) in [5, 5.41) is 2.75. The van der Waals surface area contributed by atoms with E-state index in [0.29, 0.717) is 0 Å². The van der Waals surface area contributed by atoms with Crippen molar-refractivity contribution >= 4 is 0 Å².